The van der Waals surface area contributed by atoms with E-state index in [1.165, 1.54) is 12.1 Å². The van der Waals surface area contributed by atoms with Crippen LogP contribution in [0.5, 0.6) is 11.5 Å². The molecule has 20 heavy (non-hydrogen) atoms. The second-order valence-electron chi connectivity index (χ2n) is 4.38. The van der Waals surface area contributed by atoms with Crippen molar-refractivity contribution in [3.63, 3.8) is 0 Å². The second-order valence-corrected chi connectivity index (χ2v) is 7.33. The predicted octanol–water partition coefficient (Wildman–Crippen LogP) is 4.68. The van der Waals surface area contributed by atoms with Gasteiger partial charge in [-0.05, 0) is 61.4 Å². The fourth-order valence-corrected chi connectivity index (χ4v) is 2.65. The molecule has 2 aromatic rings. The minimum atomic E-state index is -3.71. The molecule has 0 N–H and O–H groups in total. The van der Waals surface area contributed by atoms with Crippen LogP contribution in [0.2, 0.25) is 5.02 Å². The lowest BCUT2D eigenvalue weighted by Gasteiger charge is -2.09. The molecule has 0 bridgehead atoms. The molecule has 0 aliphatic heterocycles. The maximum Gasteiger partial charge on any atom is 0.261 e. The quantitative estimate of drug-likeness (QED) is 0.767. The molecule has 0 saturated carbocycles. The molecule has 0 heterocycles. The van der Waals surface area contributed by atoms with Crippen LogP contribution in [0.4, 0.5) is 0 Å². The van der Waals surface area contributed by atoms with Crippen LogP contribution in [-0.2, 0) is 9.05 Å². The summed E-state index contributed by atoms with van der Waals surface area (Å²) >= 11 is 6.09. The predicted molar refractivity (Wildman–Crippen MR) is 80.5 cm³/mol. The van der Waals surface area contributed by atoms with Gasteiger partial charge in [0.1, 0.15) is 11.5 Å². The SMILES string of the molecule is Cc1cc(Oc2ccc(S(=O)(=O)Cl)cc2)cc(C)c1Cl. The topological polar surface area (TPSA) is 43.4 Å². The van der Waals surface area contributed by atoms with Gasteiger partial charge in [0.2, 0.25) is 0 Å². The van der Waals surface area contributed by atoms with Gasteiger partial charge in [-0.2, -0.15) is 0 Å². The first-order valence-electron chi connectivity index (χ1n) is 5.77. The molecular formula is C14H12Cl2O3S. The molecule has 6 heteroatoms. The van der Waals surface area contributed by atoms with Crippen LogP contribution in [0.25, 0.3) is 0 Å². The average molecular weight is 331 g/mol. The third kappa shape index (κ3) is 3.45. The molecule has 0 fully saturated rings. The Kier molecular flexibility index (Phi) is 4.28. The van der Waals surface area contributed by atoms with Crippen molar-refractivity contribution in [2.24, 2.45) is 0 Å². The van der Waals surface area contributed by atoms with Crippen molar-refractivity contribution in [2.45, 2.75) is 18.7 Å². The summed E-state index contributed by atoms with van der Waals surface area (Å²) in [6, 6.07) is 9.53. The number of benzene rings is 2. The summed E-state index contributed by atoms with van der Waals surface area (Å²) in [5.74, 6) is 1.17. The van der Waals surface area contributed by atoms with Gasteiger partial charge < -0.3 is 4.74 Å². The van der Waals surface area contributed by atoms with Crippen molar-refractivity contribution in [1.82, 2.24) is 0 Å². The van der Waals surface area contributed by atoms with Gasteiger partial charge in [0.25, 0.3) is 9.05 Å². The lowest BCUT2D eigenvalue weighted by Crippen LogP contribution is -1.91. The Morgan fingerprint density at radius 2 is 1.45 bits per heavy atom. The van der Waals surface area contributed by atoms with Gasteiger partial charge in [0.15, 0.2) is 0 Å². The van der Waals surface area contributed by atoms with E-state index in [1.54, 1.807) is 12.1 Å². The Morgan fingerprint density at radius 1 is 0.950 bits per heavy atom. The highest BCUT2D eigenvalue weighted by Gasteiger charge is 2.10. The van der Waals surface area contributed by atoms with Crippen molar-refractivity contribution in [3.8, 4) is 11.5 Å². The lowest BCUT2D eigenvalue weighted by molar-refractivity contribution is 0.481. The second kappa shape index (κ2) is 5.64. The van der Waals surface area contributed by atoms with Crippen molar-refractivity contribution >= 4 is 31.3 Å². The molecule has 2 aromatic carbocycles. The highest BCUT2D eigenvalue weighted by atomic mass is 35.7. The molecule has 0 radical (unpaired) electrons. The molecule has 0 saturated heterocycles. The fourth-order valence-electron chi connectivity index (χ4n) is 1.77. The zero-order chi connectivity index (χ0) is 14.9. The van der Waals surface area contributed by atoms with Gasteiger partial charge in [-0.15, -0.1) is 0 Å². The number of halogens is 2. The maximum absolute atomic E-state index is 11.1. The van der Waals surface area contributed by atoms with E-state index >= 15 is 0 Å². The summed E-state index contributed by atoms with van der Waals surface area (Å²) in [7, 11) is 1.53. The summed E-state index contributed by atoms with van der Waals surface area (Å²) in [6.07, 6.45) is 0. The number of rotatable bonds is 3. The number of hydrogen-bond donors (Lipinski definition) is 0. The molecule has 0 amide bonds. The molecule has 2 rings (SSSR count). The number of aryl methyl sites for hydroxylation is 2. The summed E-state index contributed by atoms with van der Waals surface area (Å²) in [4.78, 5) is 0.0370. The number of ether oxygens (including phenoxy) is 1. The minimum absolute atomic E-state index is 0.0370. The Labute approximate surface area is 127 Å². The van der Waals surface area contributed by atoms with Crippen LogP contribution in [-0.4, -0.2) is 8.42 Å². The van der Waals surface area contributed by atoms with Crippen LogP contribution in [0.3, 0.4) is 0 Å². The molecule has 0 atom stereocenters. The fraction of sp³-hybridized carbons (Fsp3) is 0.143. The minimum Gasteiger partial charge on any atom is -0.457 e. The molecule has 106 valence electrons. The van der Waals surface area contributed by atoms with Crippen molar-refractivity contribution in [3.05, 3.63) is 52.5 Å². The largest absolute Gasteiger partial charge is 0.457 e. The van der Waals surface area contributed by atoms with Crippen LogP contribution < -0.4 is 4.74 Å². The molecule has 3 nitrogen and oxygen atoms in total. The standard InChI is InChI=1S/C14H12Cl2O3S/c1-9-7-12(8-10(2)14(9)15)19-11-3-5-13(6-4-11)20(16,17)18/h3-8H,1-2H3. The zero-order valence-electron chi connectivity index (χ0n) is 10.9. The first kappa shape index (κ1) is 15.2. The summed E-state index contributed by atoms with van der Waals surface area (Å²) < 4.78 is 27.9. The molecule has 0 spiro atoms. The highest BCUT2D eigenvalue weighted by Crippen LogP contribution is 2.29. The first-order chi connectivity index (χ1) is 9.27. The summed E-state index contributed by atoms with van der Waals surface area (Å²) in [5.41, 5.74) is 1.84. The Bertz CT molecular complexity index is 715. The molecule has 0 aliphatic rings. The van der Waals surface area contributed by atoms with Gasteiger partial charge in [-0.25, -0.2) is 8.42 Å². The third-order valence-corrected chi connectivity index (χ3v) is 4.72. The monoisotopic (exact) mass is 330 g/mol. The van der Waals surface area contributed by atoms with Crippen LogP contribution in [0, 0.1) is 13.8 Å². The van der Waals surface area contributed by atoms with Crippen LogP contribution in [0.1, 0.15) is 11.1 Å². The number of hydrogen-bond acceptors (Lipinski definition) is 3. The normalized spacial score (nSPS) is 11.4. The average Bonchev–Trinajstić information content (AvgIpc) is 2.35. The summed E-state index contributed by atoms with van der Waals surface area (Å²) in [5, 5.41) is 0.709. The maximum atomic E-state index is 11.1. The Hall–Kier alpha value is -1.23. The van der Waals surface area contributed by atoms with E-state index in [1.807, 2.05) is 26.0 Å². The van der Waals surface area contributed by atoms with Crippen LogP contribution in [0.15, 0.2) is 41.3 Å². The molecule has 0 aliphatic carbocycles. The van der Waals surface area contributed by atoms with E-state index in [9.17, 15) is 8.42 Å². The van der Waals surface area contributed by atoms with E-state index in [-0.39, 0.29) is 4.90 Å². The van der Waals surface area contributed by atoms with E-state index in [0.29, 0.717) is 16.5 Å². The third-order valence-electron chi connectivity index (χ3n) is 2.75. The van der Waals surface area contributed by atoms with E-state index in [2.05, 4.69) is 0 Å². The van der Waals surface area contributed by atoms with Gasteiger partial charge in [0, 0.05) is 15.7 Å². The zero-order valence-corrected chi connectivity index (χ0v) is 13.2. The van der Waals surface area contributed by atoms with E-state index in [4.69, 9.17) is 27.0 Å². The Morgan fingerprint density at radius 3 is 1.90 bits per heavy atom. The van der Waals surface area contributed by atoms with Crippen LogP contribution >= 0.6 is 22.3 Å². The molecule has 0 aromatic heterocycles. The van der Waals surface area contributed by atoms with Gasteiger partial charge >= 0.3 is 0 Å². The highest BCUT2D eigenvalue weighted by molar-refractivity contribution is 8.13. The van der Waals surface area contributed by atoms with Crippen molar-refractivity contribution < 1.29 is 13.2 Å². The molecule has 0 unspecified atom stereocenters. The lowest BCUT2D eigenvalue weighted by atomic mass is 10.1. The Balaban J connectivity index is 2.27. The van der Waals surface area contributed by atoms with Crippen molar-refractivity contribution in [2.75, 3.05) is 0 Å². The van der Waals surface area contributed by atoms with Gasteiger partial charge in [-0.3, -0.25) is 0 Å². The first-order valence-corrected chi connectivity index (χ1v) is 8.45. The van der Waals surface area contributed by atoms with Crippen molar-refractivity contribution in [1.29, 1.82) is 0 Å². The van der Waals surface area contributed by atoms with E-state index < -0.39 is 9.05 Å². The van der Waals surface area contributed by atoms with Gasteiger partial charge in [0.05, 0.1) is 4.90 Å². The van der Waals surface area contributed by atoms with Gasteiger partial charge in [-0.1, -0.05) is 11.6 Å². The molecular weight excluding hydrogens is 319 g/mol. The smallest absolute Gasteiger partial charge is 0.261 e. The van der Waals surface area contributed by atoms with E-state index in [0.717, 1.165) is 11.1 Å². The summed E-state index contributed by atoms with van der Waals surface area (Å²) in [6.45, 7) is 3.79.